The molecule has 0 heterocycles. The van der Waals surface area contributed by atoms with Crippen molar-refractivity contribution in [2.24, 2.45) is 0 Å². The van der Waals surface area contributed by atoms with Crippen LogP contribution in [-0.2, 0) is 0 Å². The first-order valence-corrected chi connectivity index (χ1v) is 5.58. The van der Waals surface area contributed by atoms with Gasteiger partial charge in [-0.15, -0.1) is 0 Å². The van der Waals surface area contributed by atoms with Crippen molar-refractivity contribution < 1.29 is 4.79 Å². The van der Waals surface area contributed by atoms with Crippen molar-refractivity contribution in [2.45, 2.75) is 13.3 Å². The number of rotatable bonds is 2. The Morgan fingerprint density at radius 1 is 1.50 bits per heavy atom. The summed E-state index contributed by atoms with van der Waals surface area (Å²) in [5.74, 6) is 6.03. The molecule has 1 aromatic rings. The maximum Gasteiger partial charge on any atom is 0.162 e. The van der Waals surface area contributed by atoms with Gasteiger partial charge in [0.2, 0.25) is 0 Å². The van der Waals surface area contributed by atoms with Crippen LogP contribution in [0.4, 0.5) is 0 Å². The van der Waals surface area contributed by atoms with Gasteiger partial charge in [-0.05, 0) is 12.1 Å². The SMILES string of the molecule is CCC(=O)c1cccc(C#CCBr)c1. The molecule has 0 bridgehead atoms. The van der Waals surface area contributed by atoms with Crippen LogP contribution < -0.4 is 0 Å². The van der Waals surface area contributed by atoms with E-state index < -0.39 is 0 Å². The monoisotopic (exact) mass is 250 g/mol. The van der Waals surface area contributed by atoms with Crippen LogP contribution in [0.1, 0.15) is 29.3 Å². The zero-order valence-electron chi connectivity index (χ0n) is 8.01. The Bertz CT molecular complexity index is 385. The van der Waals surface area contributed by atoms with Crippen LogP contribution in [0.2, 0.25) is 0 Å². The van der Waals surface area contributed by atoms with Crippen LogP contribution in [-0.4, -0.2) is 11.1 Å². The second kappa shape index (κ2) is 5.62. The van der Waals surface area contributed by atoms with Crippen LogP contribution in [0.15, 0.2) is 24.3 Å². The maximum absolute atomic E-state index is 11.4. The van der Waals surface area contributed by atoms with E-state index in [0.29, 0.717) is 11.8 Å². The summed E-state index contributed by atoms with van der Waals surface area (Å²) >= 11 is 3.23. The van der Waals surface area contributed by atoms with E-state index in [9.17, 15) is 4.79 Å². The number of Topliss-reactive ketones (excluding diaryl/α,β-unsaturated/α-hetero) is 1. The number of hydrogen-bond donors (Lipinski definition) is 0. The predicted molar refractivity (Wildman–Crippen MR) is 61.7 cm³/mol. The lowest BCUT2D eigenvalue weighted by Crippen LogP contribution is -1.96. The zero-order valence-corrected chi connectivity index (χ0v) is 9.60. The van der Waals surface area contributed by atoms with E-state index in [-0.39, 0.29) is 5.78 Å². The molecular weight excluding hydrogens is 240 g/mol. The summed E-state index contributed by atoms with van der Waals surface area (Å²) in [5.41, 5.74) is 1.64. The fourth-order valence-electron chi connectivity index (χ4n) is 1.11. The number of carbonyl (C=O) groups excluding carboxylic acids is 1. The molecule has 14 heavy (non-hydrogen) atoms. The van der Waals surface area contributed by atoms with Gasteiger partial charge >= 0.3 is 0 Å². The molecule has 1 aromatic carbocycles. The highest BCUT2D eigenvalue weighted by Crippen LogP contribution is 2.06. The van der Waals surface area contributed by atoms with Gasteiger partial charge in [-0.1, -0.05) is 46.8 Å². The summed E-state index contributed by atoms with van der Waals surface area (Å²) < 4.78 is 0. The van der Waals surface area contributed by atoms with E-state index in [0.717, 1.165) is 11.1 Å². The molecule has 0 radical (unpaired) electrons. The van der Waals surface area contributed by atoms with E-state index in [1.807, 2.05) is 31.2 Å². The molecule has 1 rings (SSSR count). The largest absolute Gasteiger partial charge is 0.294 e. The first-order chi connectivity index (χ1) is 6.77. The number of halogens is 1. The highest BCUT2D eigenvalue weighted by atomic mass is 79.9. The normalized spacial score (nSPS) is 9.00. The molecule has 0 saturated carbocycles. The van der Waals surface area contributed by atoms with E-state index in [1.54, 1.807) is 0 Å². The molecule has 2 heteroatoms. The summed E-state index contributed by atoms with van der Waals surface area (Å²) in [4.78, 5) is 11.4. The fraction of sp³-hybridized carbons (Fsp3) is 0.250. The number of hydrogen-bond acceptors (Lipinski definition) is 1. The first-order valence-electron chi connectivity index (χ1n) is 4.46. The maximum atomic E-state index is 11.4. The molecule has 1 nitrogen and oxygen atoms in total. The Labute approximate surface area is 92.6 Å². The van der Waals surface area contributed by atoms with Crippen LogP contribution in [0.25, 0.3) is 0 Å². The molecule has 72 valence electrons. The van der Waals surface area contributed by atoms with Gasteiger partial charge in [0.15, 0.2) is 5.78 Å². The van der Waals surface area contributed by atoms with Crippen molar-refractivity contribution in [3.05, 3.63) is 35.4 Å². The second-order valence-electron chi connectivity index (χ2n) is 2.79. The van der Waals surface area contributed by atoms with Crippen molar-refractivity contribution in [3.8, 4) is 11.8 Å². The summed E-state index contributed by atoms with van der Waals surface area (Å²) in [7, 11) is 0. The van der Waals surface area contributed by atoms with Gasteiger partial charge in [0, 0.05) is 17.5 Å². The fourth-order valence-corrected chi connectivity index (χ4v) is 1.25. The van der Waals surface area contributed by atoms with Gasteiger partial charge < -0.3 is 0 Å². The van der Waals surface area contributed by atoms with E-state index in [4.69, 9.17) is 0 Å². The Morgan fingerprint density at radius 3 is 2.93 bits per heavy atom. The van der Waals surface area contributed by atoms with Crippen molar-refractivity contribution in [1.82, 2.24) is 0 Å². The first kappa shape index (κ1) is 11.0. The minimum Gasteiger partial charge on any atom is -0.294 e. The van der Waals surface area contributed by atoms with E-state index in [1.165, 1.54) is 0 Å². The lowest BCUT2D eigenvalue weighted by atomic mass is 10.1. The zero-order chi connectivity index (χ0) is 10.4. The van der Waals surface area contributed by atoms with Crippen LogP contribution in [0.3, 0.4) is 0 Å². The van der Waals surface area contributed by atoms with Gasteiger partial charge in [0.1, 0.15) is 0 Å². The molecular formula is C12H11BrO. The summed E-state index contributed by atoms with van der Waals surface area (Å²) in [5, 5.41) is 0.652. The summed E-state index contributed by atoms with van der Waals surface area (Å²) in [6, 6.07) is 7.43. The molecule has 0 aliphatic rings. The number of carbonyl (C=O) groups is 1. The molecule has 0 amide bonds. The molecule has 0 saturated heterocycles. The predicted octanol–water partition coefficient (Wildman–Crippen LogP) is 3.03. The Balaban J connectivity index is 2.95. The molecule has 0 aromatic heterocycles. The third-order valence-electron chi connectivity index (χ3n) is 1.81. The van der Waals surface area contributed by atoms with Gasteiger partial charge in [0.25, 0.3) is 0 Å². The minimum atomic E-state index is 0.160. The van der Waals surface area contributed by atoms with Gasteiger partial charge in [-0.2, -0.15) is 0 Å². The lowest BCUT2D eigenvalue weighted by molar-refractivity contribution is 0.0988. The highest BCUT2D eigenvalue weighted by molar-refractivity contribution is 9.09. The van der Waals surface area contributed by atoms with Gasteiger partial charge in [-0.25, -0.2) is 0 Å². The number of benzene rings is 1. The quantitative estimate of drug-likeness (QED) is 0.448. The lowest BCUT2D eigenvalue weighted by Gasteiger charge is -1.97. The molecule has 0 unspecified atom stereocenters. The third kappa shape index (κ3) is 3.01. The van der Waals surface area contributed by atoms with Crippen molar-refractivity contribution in [3.63, 3.8) is 0 Å². The van der Waals surface area contributed by atoms with E-state index in [2.05, 4.69) is 27.8 Å². The molecule has 0 aliphatic heterocycles. The Hall–Kier alpha value is -1.07. The molecule has 0 aliphatic carbocycles. The smallest absolute Gasteiger partial charge is 0.162 e. The van der Waals surface area contributed by atoms with Gasteiger partial charge in [0.05, 0.1) is 5.33 Å². The third-order valence-corrected chi connectivity index (χ3v) is 2.09. The van der Waals surface area contributed by atoms with Crippen LogP contribution in [0.5, 0.6) is 0 Å². The molecule has 0 atom stereocenters. The molecule has 0 spiro atoms. The van der Waals surface area contributed by atoms with Crippen molar-refractivity contribution in [2.75, 3.05) is 5.33 Å². The topological polar surface area (TPSA) is 17.1 Å². The Morgan fingerprint density at radius 2 is 2.29 bits per heavy atom. The molecule has 0 N–H and O–H groups in total. The van der Waals surface area contributed by atoms with Crippen molar-refractivity contribution in [1.29, 1.82) is 0 Å². The number of alkyl halides is 1. The van der Waals surface area contributed by atoms with Gasteiger partial charge in [-0.3, -0.25) is 4.79 Å². The summed E-state index contributed by atoms with van der Waals surface area (Å²) in [6.45, 7) is 1.86. The molecule has 0 fully saturated rings. The minimum absolute atomic E-state index is 0.160. The average Bonchev–Trinajstić information content (AvgIpc) is 2.25. The van der Waals surface area contributed by atoms with Crippen LogP contribution >= 0.6 is 15.9 Å². The van der Waals surface area contributed by atoms with Crippen molar-refractivity contribution >= 4 is 21.7 Å². The van der Waals surface area contributed by atoms with E-state index >= 15 is 0 Å². The second-order valence-corrected chi connectivity index (χ2v) is 3.35. The Kier molecular flexibility index (Phi) is 4.42. The average molecular weight is 251 g/mol. The summed E-state index contributed by atoms with van der Waals surface area (Å²) in [6.07, 6.45) is 0.537. The van der Waals surface area contributed by atoms with Crippen LogP contribution in [0, 0.1) is 11.8 Å². The number of ketones is 1. The standard InChI is InChI=1S/C12H11BrO/c1-2-12(14)11-7-3-5-10(9-11)6-4-8-13/h3,5,7,9H,2,8H2,1H3. The highest BCUT2D eigenvalue weighted by Gasteiger charge is 2.01.